The molecule has 0 saturated carbocycles. The van der Waals surface area contributed by atoms with Gasteiger partial charge in [0.05, 0.1) is 0 Å². The maximum Gasteiger partial charge on any atom is 0.164 e. The van der Waals surface area contributed by atoms with Crippen LogP contribution in [0.25, 0.3) is 123 Å². The van der Waals surface area contributed by atoms with Crippen molar-refractivity contribution in [1.82, 2.24) is 29.9 Å². The summed E-state index contributed by atoms with van der Waals surface area (Å²) in [6.07, 6.45) is 0. The average Bonchev–Trinajstić information content (AvgIpc) is 3.93. The van der Waals surface area contributed by atoms with E-state index < -0.39 is 0 Å². The lowest BCUT2D eigenvalue weighted by atomic mass is 9.99. The predicted molar refractivity (Wildman–Crippen MR) is 246 cm³/mol. The first kappa shape index (κ1) is 35.3. The summed E-state index contributed by atoms with van der Waals surface area (Å²) in [5, 5.41) is 3.87. The van der Waals surface area contributed by atoms with Crippen LogP contribution in [0.4, 0.5) is 0 Å². The topological polar surface area (TPSA) is 104 Å². The van der Waals surface area contributed by atoms with Crippen LogP contribution in [0.2, 0.25) is 0 Å². The quantitative estimate of drug-likeness (QED) is 0.157. The molecule has 4 aromatic heterocycles. The lowest BCUT2D eigenvalue weighted by Gasteiger charge is -2.10. The van der Waals surface area contributed by atoms with E-state index in [1.54, 1.807) is 0 Å². The zero-order chi connectivity index (χ0) is 41.0. The lowest BCUT2D eigenvalue weighted by Crippen LogP contribution is -2.00. The van der Waals surface area contributed by atoms with Gasteiger partial charge in [0.2, 0.25) is 0 Å². The molecule has 0 aliphatic rings. The first-order valence-electron chi connectivity index (χ1n) is 20.4. The summed E-state index contributed by atoms with van der Waals surface area (Å²) >= 11 is 0. The van der Waals surface area contributed by atoms with Crippen molar-refractivity contribution in [3.8, 4) is 79.5 Å². The number of furan rings is 2. The van der Waals surface area contributed by atoms with Crippen LogP contribution in [0.15, 0.2) is 203 Å². The molecule has 0 amide bonds. The van der Waals surface area contributed by atoms with Crippen molar-refractivity contribution in [2.45, 2.75) is 0 Å². The minimum absolute atomic E-state index is 0.566. The molecule has 8 nitrogen and oxygen atoms in total. The first-order chi connectivity index (χ1) is 30.7. The van der Waals surface area contributed by atoms with Gasteiger partial charge in [0.15, 0.2) is 34.9 Å². The fourth-order valence-corrected chi connectivity index (χ4v) is 8.26. The number of hydrogen-bond acceptors (Lipinski definition) is 8. The van der Waals surface area contributed by atoms with Crippen molar-refractivity contribution in [3.63, 3.8) is 0 Å². The Morgan fingerprint density at radius 3 is 1.19 bits per heavy atom. The minimum atomic E-state index is 0.566. The van der Waals surface area contributed by atoms with Crippen LogP contribution in [0.1, 0.15) is 0 Å². The highest BCUT2D eigenvalue weighted by molar-refractivity contribution is 6.13. The van der Waals surface area contributed by atoms with Gasteiger partial charge < -0.3 is 8.83 Å². The number of hydrogen-bond donors (Lipinski definition) is 0. The van der Waals surface area contributed by atoms with E-state index in [9.17, 15) is 0 Å². The highest BCUT2D eigenvalue weighted by atomic mass is 16.3. The van der Waals surface area contributed by atoms with Gasteiger partial charge >= 0.3 is 0 Å². The van der Waals surface area contributed by atoms with Crippen molar-refractivity contribution >= 4 is 43.9 Å². The first-order valence-corrected chi connectivity index (χ1v) is 20.4. The molecule has 290 valence electrons. The van der Waals surface area contributed by atoms with E-state index in [1.807, 2.05) is 152 Å². The summed E-state index contributed by atoms with van der Waals surface area (Å²) in [6, 6.07) is 64.8. The van der Waals surface area contributed by atoms with Crippen LogP contribution < -0.4 is 0 Å². The Bertz CT molecular complexity index is 3580. The standard InChI is InChI=1S/C54H32N6O2/c1-4-15-33(16-5-1)49-55-50(34-17-6-2-7-18-34)58-54(57-49)41-25-14-28-46-48(41)42-32-37(29-30-44(42)62-46)36-21-12-22-38(31-36)52-56-51(35-19-8-3-9-20-35)59-53(60-52)40-24-13-27-45-47(40)39-23-10-11-26-43(39)61-45/h1-32H. The van der Waals surface area contributed by atoms with Gasteiger partial charge in [0.1, 0.15) is 22.3 Å². The number of benzene rings is 8. The van der Waals surface area contributed by atoms with Gasteiger partial charge in [-0.1, -0.05) is 158 Å². The van der Waals surface area contributed by atoms with Crippen LogP contribution in [0.3, 0.4) is 0 Å². The normalized spacial score (nSPS) is 11.5. The van der Waals surface area contributed by atoms with Gasteiger partial charge in [-0.05, 0) is 47.5 Å². The Kier molecular flexibility index (Phi) is 8.31. The summed E-state index contributed by atoms with van der Waals surface area (Å²) in [5.74, 6) is 3.49. The van der Waals surface area contributed by atoms with Crippen LogP contribution >= 0.6 is 0 Å². The molecule has 0 aliphatic heterocycles. The fraction of sp³-hybridized carbons (Fsp3) is 0. The molecule has 0 fully saturated rings. The second-order valence-corrected chi connectivity index (χ2v) is 15.1. The molecule has 4 heterocycles. The second-order valence-electron chi connectivity index (χ2n) is 15.1. The van der Waals surface area contributed by atoms with Crippen LogP contribution in [-0.2, 0) is 0 Å². The zero-order valence-corrected chi connectivity index (χ0v) is 33.0. The summed E-state index contributed by atoms with van der Waals surface area (Å²) in [7, 11) is 0. The summed E-state index contributed by atoms with van der Waals surface area (Å²) in [5.41, 5.74) is 10.4. The van der Waals surface area contributed by atoms with Crippen molar-refractivity contribution in [2.24, 2.45) is 0 Å². The smallest absolute Gasteiger partial charge is 0.164 e. The summed E-state index contributed by atoms with van der Waals surface area (Å²) < 4.78 is 12.7. The van der Waals surface area contributed by atoms with E-state index in [0.29, 0.717) is 34.9 Å². The molecule has 62 heavy (non-hydrogen) atoms. The number of fused-ring (bicyclic) bond motifs is 6. The van der Waals surface area contributed by atoms with E-state index in [2.05, 4.69) is 42.5 Å². The van der Waals surface area contributed by atoms with E-state index in [1.165, 1.54) is 0 Å². The molecule has 0 unspecified atom stereocenters. The van der Waals surface area contributed by atoms with Crippen molar-refractivity contribution in [3.05, 3.63) is 194 Å². The van der Waals surface area contributed by atoms with Crippen LogP contribution in [0, 0.1) is 0 Å². The van der Waals surface area contributed by atoms with Crippen molar-refractivity contribution in [1.29, 1.82) is 0 Å². The Morgan fingerprint density at radius 1 is 0.242 bits per heavy atom. The third-order valence-corrected chi connectivity index (χ3v) is 11.2. The van der Waals surface area contributed by atoms with Crippen LogP contribution in [-0.4, -0.2) is 29.9 Å². The molecule has 0 N–H and O–H groups in total. The molecular weight excluding hydrogens is 765 g/mol. The Morgan fingerprint density at radius 2 is 0.629 bits per heavy atom. The molecule has 0 aliphatic carbocycles. The number of para-hydroxylation sites is 1. The van der Waals surface area contributed by atoms with Gasteiger partial charge in [0, 0.05) is 54.9 Å². The molecule has 0 radical (unpaired) electrons. The lowest BCUT2D eigenvalue weighted by molar-refractivity contribution is 0.668. The fourth-order valence-electron chi connectivity index (χ4n) is 8.26. The highest BCUT2D eigenvalue weighted by Crippen LogP contribution is 2.40. The van der Waals surface area contributed by atoms with Gasteiger partial charge in [-0.3, -0.25) is 0 Å². The predicted octanol–water partition coefficient (Wildman–Crippen LogP) is 13.5. The van der Waals surface area contributed by atoms with Gasteiger partial charge in [-0.2, -0.15) is 0 Å². The average molecular weight is 797 g/mol. The molecule has 8 heteroatoms. The van der Waals surface area contributed by atoms with E-state index in [4.69, 9.17) is 38.7 Å². The third-order valence-electron chi connectivity index (χ3n) is 11.2. The largest absolute Gasteiger partial charge is 0.456 e. The van der Waals surface area contributed by atoms with Gasteiger partial charge in [-0.25, -0.2) is 29.9 Å². The molecule has 0 bridgehead atoms. The van der Waals surface area contributed by atoms with Crippen molar-refractivity contribution < 1.29 is 8.83 Å². The molecule has 8 aromatic carbocycles. The van der Waals surface area contributed by atoms with Gasteiger partial charge in [-0.15, -0.1) is 0 Å². The zero-order valence-electron chi connectivity index (χ0n) is 33.0. The highest BCUT2D eigenvalue weighted by Gasteiger charge is 2.20. The Hall–Kier alpha value is -8.62. The number of nitrogens with zero attached hydrogens (tertiary/aromatic N) is 6. The Balaban J connectivity index is 0.998. The van der Waals surface area contributed by atoms with E-state index in [0.717, 1.165) is 88.4 Å². The molecular formula is C54H32N6O2. The Labute approximate surface area is 354 Å². The molecule has 12 aromatic rings. The minimum Gasteiger partial charge on any atom is -0.456 e. The number of aromatic nitrogens is 6. The second kappa shape index (κ2) is 14.6. The number of rotatable bonds is 7. The van der Waals surface area contributed by atoms with Crippen LogP contribution in [0.5, 0.6) is 0 Å². The van der Waals surface area contributed by atoms with Crippen molar-refractivity contribution in [2.75, 3.05) is 0 Å². The van der Waals surface area contributed by atoms with E-state index >= 15 is 0 Å². The SMILES string of the molecule is c1ccc(-c2nc(-c3cccc(-c4ccc5oc6cccc(-c7nc(-c8ccccc8)nc(-c8ccccc8)n7)c6c5c4)c3)nc(-c3cccc4oc5ccccc5c34)n2)cc1. The van der Waals surface area contributed by atoms with Gasteiger partial charge in [0.25, 0.3) is 0 Å². The summed E-state index contributed by atoms with van der Waals surface area (Å²) in [6.45, 7) is 0. The molecule has 0 saturated heterocycles. The monoisotopic (exact) mass is 796 g/mol. The van der Waals surface area contributed by atoms with E-state index in [-0.39, 0.29) is 0 Å². The molecule has 0 spiro atoms. The maximum absolute atomic E-state index is 6.49. The maximum atomic E-state index is 6.49. The molecule has 0 atom stereocenters. The summed E-state index contributed by atoms with van der Waals surface area (Å²) in [4.78, 5) is 30.3. The third kappa shape index (κ3) is 6.17. The molecule has 12 rings (SSSR count).